The van der Waals surface area contributed by atoms with Gasteiger partial charge in [-0.2, -0.15) is 0 Å². The van der Waals surface area contributed by atoms with E-state index >= 15 is 0 Å². The second-order valence-electron chi connectivity index (χ2n) is 4.08. The summed E-state index contributed by atoms with van der Waals surface area (Å²) in [6, 6.07) is 8.79. The molecule has 0 heterocycles. The van der Waals surface area contributed by atoms with Crippen LogP contribution in [0.3, 0.4) is 0 Å². The molecule has 2 aromatic rings. The van der Waals surface area contributed by atoms with Gasteiger partial charge >= 0.3 is 0 Å². The van der Waals surface area contributed by atoms with Crippen molar-refractivity contribution in [1.82, 2.24) is 0 Å². The van der Waals surface area contributed by atoms with Crippen LogP contribution in [0.1, 0.15) is 15.9 Å². The largest absolute Gasteiger partial charge is 0.507 e. The fraction of sp³-hybridized carbons (Fsp3) is 0.0714. The van der Waals surface area contributed by atoms with Crippen molar-refractivity contribution in [3.63, 3.8) is 0 Å². The molecule has 1 amide bonds. The van der Waals surface area contributed by atoms with Crippen molar-refractivity contribution in [3.8, 4) is 16.9 Å². The number of aromatic hydroxyl groups is 1. The zero-order valence-corrected chi connectivity index (χ0v) is 9.77. The molecular formula is C14H12FNO2. The van der Waals surface area contributed by atoms with Gasteiger partial charge in [0.1, 0.15) is 11.6 Å². The molecule has 3 nitrogen and oxygen atoms in total. The number of phenols is 1. The third-order valence-corrected chi connectivity index (χ3v) is 2.69. The van der Waals surface area contributed by atoms with Crippen LogP contribution in [0.4, 0.5) is 4.39 Å². The topological polar surface area (TPSA) is 63.3 Å². The van der Waals surface area contributed by atoms with Gasteiger partial charge in [0.05, 0.1) is 0 Å². The van der Waals surface area contributed by atoms with Crippen LogP contribution in [0.25, 0.3) is 11.1 Å². The van der Waals surface area contributed by atoms with Gasteiger partial charge in [-0.3, -0.25) is 4.79 Å². The Morgan fingerprint density at radius 2 is 1.89 bits per heavy atom. The Labute approximate surface area is 104 Å². The highest BCUT2D eigenvalue weighted by molar-refractivity contribution is 5.94. The van der Waals surface area contributed by atoms with E-state index < -0.39 is 11.7 Å². The number of phenolic OH excluding ortho intramolecular Hbond substituents is 1. The zero-order valence-electron chi connectivity index (χ0n) is 9.77. The number of primary amides is 1. The molecule has 0 atom stereocenters. The van der Waals surface area contributed by atoms with Crippen molar-refractivity contribution in [2.24, 2.45) is 5.73 Å². The number of nitrogens with two attached hydrogens (primary N) is 1. The summed E-state index contributed by atoms with van der Waals surface area (Å²) in [6.45, 7) is 1.83. The predicted molar refractivity (Wildman–Crippen MR) is 66.8 cm³/mol. The van der Waals surface area contributed by atoms with E-state index in [2.05, 4.69) is 0 Å². The average molecular weight is 245 g/mol. The Morgan fingerprint density at radius 1 is 1.17 bits per heavy atom. The standard InChI is InChI=1S/C14H12FNO2/c1-8-2-5-12(15)11(6-8)10-4-3-9(14(16)18)7-13(10)17/h2-7,17H,1H3,(H2,16,18). The number of aryl methyl sites for hydroxylation is 1. The van der Waals surface area contributed by atoms with E-state index in [0.29, 0.717) is 11.1 Å². The van der Waals surface area contributed by atoms with E-state index in [0.717, 1.165) is 5.56 Å². The Kier molecular flexibility index (Phi) is 3.02. The number of halogens is 1. The quantitative estimate of drug-likeness (QED) is 0.854. The molecule has 2 rings (SSSR count). The van der Waals surface area contributed by atoms with Crippen molar-refractivity contribution < 1.29 is 14.3 Å². The van der Waals surface area contributed by atoms with Crippen LogP contribution >= 0.6 is 0 Å². The van der Waals surface area contributed by atoms with Gasteiger partial charge in [-0.15, -0.1) is 0 Å². The number of carbonyl (C=O) groups excluding carboxylic acids is 1. The molecule has 0 aromatic heterocycles. The van der Waals surface area contributed by atoms with Gasteiger partial charge < -0.3 is 10.8 Å². The van der Waals surface area contributed by atoms with E-state index in [1.807, 2.05) is 6.92 Å². The summed E-state index contributed by atoms with van der Waals surface area (Å²) in [5.41, 5.74) is 6.79. The van der Waals surface area contributed by atoms with Gasteiger partial charge in [0.2, 0.25) is 5.91 Å². The van der Waals surface area contributed by atoms with Crippen LogP contribution < -0.4 is 5.73 Å². The minimum absolute atomic E-state index is 0.171. The molecule has 18 heavy (non-hydrogen) atoms. The first kappa shape index (κ1) is 12.1. The maximum absolute atomic E-state index is 13.7. The van der Waals surface area contributed by atoms with Gasteiger partial charge in [0.25, 0.3) is 0 Å². The molecule has 0 saturated carbocycles. The second-order valence-corrected chi connectivity index (χ2v) is 4.08. The highest BCUT2D eigenvalue weighted by Crippen LogP contribution is 2.32. The Bertz CT molecular complexity index is 623. The predicted octanol–water partition coefficient (Wildman–Crippen LogP) is 2.61. The average Bonchev–Trinajstić information content (AvgIpc) is 2.32. The van der Waals surface area contributed by atoms with Crippen molar-refractivity contribution in [2.75, 3.05) is 0 Å². The molecule has 0 radical (unpaired) electrons. The first-order valence-corrected chi connectivity index (χ1v) is 5.38. The number of carbonyl (C=O) groups is 1. The molecule has 2 aromatic carbocycles. The van der Waals surface area contributed by atoms with Crippen LogP contribution in [-0.4, -0.2) is 11.0 Å². The third-order valence-electron chi connectivity index (χ3n) is 2.69. The molecule has 92 valence electrons. The van der Waals surface area contributed by atoms with E-state index in [-0.39, 0.29) is 11.3 Å². The number of amides is 1. The van der Waals surface area contributed by atoms with Crippen LogP contribution in [0.2, 0.25) is 0 Å². The van der Waals surface area contributed by atoms with E-state index in [4.69, 9.17) is 5.73 Å². The first-order valence-electron chi connectivity index (χ1n) is 5.38. The minimum Gasteiger partial charge on any atom is -0.507 e. The second kappa shape index (κ2) is 4.49. The summed E-state index contributed by atoms with van der Waals surface area (Å²) >= 11 is 0. The third kappa shape index (κ3) is 2.18. The minimum atomic E-state index is -0.637. The van der Waals surface area contributed by atoms with E-state index in [1.165, 1.54) is 24.3 Å². The molecule has 0 aliphatic carbocycles. The summed E-state index contributed by atoms with van der Waals surface area (Å²) in [4.78, 5) is 11.0. The van der Waals surface area contributed by atoms with Crippen LogP contribution in [0.5, 0.6) is 5.75 Å². The Balaban J connectivity index is 2.58. The van der Waals surface area contributed by atoms with Crippen LogP contribution in [0.15, 0.2) is 36.4 Å². The Morgan fingerprint density at radius 3 is 2.50 bits per heavy atom. The summed E-state index contributed by atoms with van der Waals surface area (Å²) in [6.07, 6.45) is 0. The molecule has 0 saturated heterocycles. The summed E-state index contributed by atoms with van der Waals surface area (Å²) in [5, 5.41) is 9.83. The van der Waals surface area contributed by atoms with Crippen molar-refractivity contribution in [2.45, 2.75) is 6.92 Å². The lowest BCUT2D eigenvalue weighted by atomic mass is 10.00. The first-order chi connectivity index (χ1) is 8.49. The normalized spacial score (nSPS) is 10.3. The van der Waals surface area contributed by atoms with Gasteiger partial charge in [-0.25, -0.2) is 4.39 Å². The fourth-order valence-electron chi connectivity index (χ4n) is 1.76. The highest BCUT2D eigenvalue weighted by atomic mass is 19.1. The maximum atomic E-state index is 13.7. The highest BCUT2D eigenvalue weighted by Gasteiger charge is 2.11. The lowest BCUT2D eigenvalue weighted by molar-refractivity contribution is 0.1000. The maximum Gasteiger partial charge on any atom is 0.248 e. The van der Waals surface area contributed by atoms with E-state index in [1.54, 1.807) is 12.1 Å². The molecule has 0 bridgehead atoms. The number of hydrogen-bond acceptors (Lipinski definition) is 2. The monoisotopic (exact) mass is 245 g/mol. The summed E-state index contributed by atoms with van der Waals surface area (Å²) < 4.78 is 13.7. The van der Waals surface area contributed by atoms with Gasteiger partial charge in [-0.1, -0.05) is 11.6 Å². The van der Waals surface area contributed by atoms with Crippen molar-refractivity contribution in [3.05, 3.63) is 53.3 Å². The smallest absolute Gasteiger partial charge is 0.248 e. The summed E-state index contributed by atoms with van der Waals surface area (Å²) in [7, 11) is 0. The molecule has 0 fully saturated rings. The molecular weight excluding hydrogens is 233 g/mol. The SMILES string of the molecule is Cc1ccc(F)c(-c2ccc(C(N)=O)cc2O)c1. The number of hydrogen-bond donors (Lipinski definition) is 2. The molecule has 0 aliphatic rings. The molecule has 4 heteroatoms. The van der Waals surface area contributed by atoms with Gasteiger partial charge in [0.15, 0.2) is 0 Å². The lowest BCUT2D eigenvalue weighted by Crippen LogP contribution is -2.10. The van der Waals surface area contributed by atoms with Crippen molar-refractivity contribution >= 4 is 5.91 Å². The molecule has 0 aliphatic heterocycles. The zero-order chi connectivity index (χ0) is 13.3. The van der Waals surface area contributed by atoms with E-state index in [9.17, 15) is 14.3 Å². The Hall–Kier alpha value is -2.36. The van der Waals surface area contributed by atoms with Crippen LogP contribution in [0, 0.1) is 12.7 Å². The number of rotatable bonds is 2. The van der Waals surface area contributed by atoms with Gasteiger partial charge in [0, 0.05) is 16.7 Å². The fourth-order valence-corrected chi connectivity index (χ4v) is 1.76. The lowest BCUT2D eigenvalue weighted by Gasteiger charge is -2.08. The number of benzene rings is 2. The van der Waals surface area contributed by atoms with Crippen LogP contribution in [-0.2, 0) is 0 Å². The molecule has 0 unspecified atom stereocenters. The van der Waals surface area contributed by atoms with Crippen molar-refractivity contribution in [1.29, 1.82) is 0 Å². The molecule has 0 spiro atoms. The summed E-state index contributed by atoms with van der Waals surface area (Å²) in [5.74, 6) is -1.24. The molecule has 3 N–H and O–H groups in total. The van der Waals surface area contributed by atoms with Gasteiger partial charge in [-0.05, 0) is 37.3 Å².